The Morgan fingerprint density at radius 1 is 1.41 bits per heavy atom. The Labute approximate surface area is 103 Å². The lowest BCUT2D eigenvalue weighted by Gasteiger charge is -2.02. The van der Waals surface area contributed by atoms with Crippen molar-refractivity contribution in [3.8, 4) is 11.4 Å². The third kappa shape index (κ3) is 2.45. The van der Waals surface area contributed by atoms with E-state index in [1.54, 1.807) is 16.8 Å². The van der Waals surface area contributed by atoms with Gasteiger partial charge in [-0.1, -0.05) is 12.1 Å². The van der Waals surface area contributed by atoms with Crippen LogP contribution < -0.4 is 0 Å². The molecule has 0 fully saturated rings. The molecule has 1 heterocycles. The highest BCUT2D eigenvalue weighted by Crippen LogP contribution is 2.22. The molecule has 0 saturated heterocycles. The van der Waals surface area contributed by atoms with Gasteiger partial charge in [0, 0.05) is 22.8 Å². The maximum atomic E-state index is 11.2. The summed E-state index contributed by atoms with van der Waals surface area (Å²) in [5.41, 5.74) is 0.610. The van der Waals surface area contributed by atoms with E-state index in [1.165, 1.54) is 12.1 Å². The topological polar surface area (TPSA) is 77.7 Å². The molecule has 0 saturated carbocycles. The van der Waals surface area contributed by atoms with E-state index in [4.69, 9.17) is 10.7 Å². The van der Waals surface area contributed by atoms with E-state index < -0.39 is 9.05 Å². The summed E-state index contributed by atoms with van der Waals surface area (Å²) in [6.45, 7) is 2.49. The Bertz CT molecular complexity index is 638. The first-order valence-corrected chi connectivity index (χ1v) is 7.14. The zero-order chi connectivity index (χ0) is 12.5. The Morgan fingerprint density at radius 3 is 2.82 bits per heavy atom. The molecule has 0 aliphatic rings. The van der Waals surface area contributed by atoms with Crippen LogP contribution in [0.3, 0.4) is 0 Å². The standard InChI is InChI=1S/C9H9ClN4O2S/c1-2-14-9(11-12-13-14)7-4-3-5-8(6-7)17(10,15)16/h3-6H,2H2,1H3. The molecule has 2 aromatic rings. The van der Waals surface area contributed by atoms with Gasteiger partial charge in [0.25, 0.3) is 9.05 Å². The summed E-state index contributed by atoms with van der Waals surface area (Å²) < 4.78 is 24.0. The molecule has 17 heavy (non-hydrogen) atoms. The van der Waals surface area contributed by atoms with E-state index >= 15 is 0 Å². The molecule has 0 amide bonds. The molecule has 0 radical (unpaired) electrons. The van der Waals surface area contributed by atoms with Crippen molar-refractivity contribution < 1.29 is 8.42 Å². The monoisotopic (exact) mass is 272 g/mol. The second-order valence-electron chi connectivity index (χ2n) is 3.28. The minimum atomic E-state index is -3.74. The SMILES string of the molecule is CCn1nnnc1-c1cccc(S(=O)(=O)Cl)c1. The molecular weight excluding hydrogens is 264 g/mol. The average molecular weight is 273 g/mol. The van der Waals surface area contributed by atoms with E-state index in [0.717, 1.165) is 0 Å². The van der Waals surface area contributed by atoms with Crippen molar-refractivity contribution >= 4 is 19.7 Å². The van der Waals surface area contributed by atoms with Gasteiger partial charge in [0.05, 0.1) is 4.90 Å². The molecular formula is C9H9ClN4O2S. The van der Waals surface area contributed by atoms with E-state index in [0.29, 0.717) is 17.9 Å². The first-order valence-electron chi connectivity index (χ1n) is 4.83. The van der Waals surface area contributed by atoms with Crippen LogP contribution in [0.15, 0.2) is 29.2 Å². The van der Waals surface area contributed by atoms with Crippen molar-refractivity contribution in [2.45, 2.75) is 18.4 Å². The van der Waals surface area contributed by atoms with E-state index in [1.807, 2.05) is 6.92 Å². The zero-order valence-electron chi connectivity index (χ0n) is 8.91. The fraction of sp³-hybridized carbons (Fsp3) is 0.222. The van der Waals surface area contributed by atoms with Gasteiger partial charge in [0.15, 0.2) is 5.82 Å². The number of halogens is 1. The Kier molecular flexibility index (Phi) is 3.12. The van der Waals surface area contributed by atoms with Crippen LogP contribution in [0.5, 0.6) is 0 Å². The molecule has 90 valence electrons. The molecule has 1 aromatic heterocycles. The predicted molar refractivity (Wildman–Crippen MR) is 62.0 cm³/mol. The van der Waals surface area contributed by atoms with Gasteiger partial charge in [0.1, 0.15) is 0 Å². The number of hydrogen-bond acceptors (Lipinski definition) is 5. The number of rotatable bonds is 3. The van der Waals surface area contributed by atoms with Crippen LogP contribution >= 0.6 is 10.7 Å². The van der Waals surface area contributed by atoms with Gasteiger partial charge >= 0.3 is 0 Å². The van der Waals surface area contributed by atoms with Crippen molar-refractivity contribution in [1.29, 1.82) is 0 Å². The number of hydrogen-bond donors (Lipinski definition) is 0. The number of aromatic nitrogens is 4. The van der Waals surface area contributed by atoms with E-state index in [-0.39, 0.29) is 4.90 Å². The molecule has 8 heteroatoms. The quantitative estimate of drug-likeness (QED) is 0.787. The first-order chi connectivity index (χ1) is 8.02. The summed E-state index contributed by atoms with van der Waals surface area (Å²) in [5.74, 6) is 0.509. The van der Waals surface area contributed by atoms with Crippen molar-refractivity contribution in [2.75, 3.05) is 0 Å². The van der Waals surface area contributed by atoms with Gasteiger partial charge < -0.3 is 0 Å². The van der Waals surface area contributed by atoms with Gasteiger partial charge in [-0.3, -0.25) is 0 Å². The number of aryl methyl sites for hydroxylation is 1. The maximum absolute atomic E-state index is 11.2. The maximum Gasteiger partial charge on any atom is 0.261 e. The lowest BCUT2D eigenvalue weighted by molar-refractivity contribution is 0.609. The van der Waals surface area contributed by atoms with Crippen LogP contribution in [0.4, 0.5) is 0 Å². The summed E-state index contributed by atoms with van der Waals surface area (Å²) in [5, 5.41) is 11.2. The van der Waals surface area contributed by atoms with Crippen molar-refractivity contribution in [1.82, 2.24) is 20.2 Å². The fourth-order valence-electron chi connectivity index (χ4n) is 1.41. The van der Waals surface area contributed by atoms with Gasteiger partial charge in [-0.2, -0.15) is 0 Å². The molecule has 0 aliphatic heterocycles. The highest BCUT2D eigenvalue weighted by atomic mass is 35.7. The van der Waals surface area contributed by atoms with Crippen molar-refractivity contribution in [3.05, 3.63) is 24.3 Å². The van der Waals surface area contributed by atoms with Crippen LogP contribution in [0.25, 0.3) is 11.4 Å². The second-order valence-corrected chi connectivity index (χ2v) is 5.85. The largest absolute Gasteiger partial charge is 0.261 e. The summed E-state index contributed by atoms with van der Waals surface area (Å²) in [7, 11) is 1.54. The number of benzene rings is 1. The van der Waals surface area contributed by atoms with Crippen molar-refractivity contribution in [2.24, 2.45) is 0 Å². The molecule has 0 atom stereocenters. The van der Waals surface area contributed by atoms with Gasteiger partial charge in [-0.15, -0.1) is 5.10 Å². The minimum Gasteiger partial charge on any atom is -0.226 e. The highest BCUT2D eigenvalue weighted by molar-refractivity contribution is 8.13. The van der Waals surface area contributed by atoms with Crippen LogP contribution in [0.1, 0.15) is 6.92 Å². The molecule has 1 aromatic carbocycles. The molecule has 2 rings (SSSR count). The zero-order valence-corrected chi connectivity index (χ0v) is 10.5. The predicted octanol–water partition coefficient (Wildman–Crippen LogP) is 1.29. The average Bonchev–Trinajstić information content (AvgIpc) is 2.76. The van der Waals surface area contributed by atoms with Crippen LogP contribution in [0, 0.1) is 0 Å². The summed E-state index contributed by atoms with van der Waals surface area (Å²) >= 11 is 0. The van der Waals surface area contributed by atoms with Crippen LogP contribution in [-0.2, 0) is 15.6 Å². The smallest absolute Gasteiger partial charge is 0.226 e. The van der Waals surface area contributed by atoms with Crippen LogP contribution in [0.2, 0.25) is 0 Å². The highest BCUT2D eigenvalue weighted by Gasteiger charge is 2.13. The van der Waals surface area contributed by atoms with E-state index in [2.05, 4.69) is 15.5 Å². The lowest BCUT2D eigenvalue weighted by atomic mass is 10.2. The fourth-order valence-corrected chi connectivity index (χ4v) is 2.21. The summed E-state index contributed by atoms with van der Waals surface area (Å²) in [6.07, 6.45) is 0. The summed E-state index contributed by atoms with van der Waals surface area (Å²) in [6, 6.07) is 6.19. The first kappa shape index (κ1) is 12.0. The van der Waals surface area contributed by atoms with Gasteiger partial charge in [-0.25, -0.2) is 13.1 Å². The molecule has 0 aliphatic carbocycles. The molecule has 0 spiro atoms. The van der Waals surface area contributed by atoms with E-state index in [9.17, 15) is 8.42 Å². The molecule has 0 N–H and O–H groups in total. The van der Waals surface area contributed by atoms with Crippen LogP contribution in [-0.4, -0.2) is 28.6 Å². The Hall–Kier alpha value is -1.47. The molecule has 0 bridgehead atoms. The minimum absolute atomic E-state index is 0.0299. The molecule has 0 unspecified atom stereocenters. The third-order valence-corrected chi connectivity index (χ3v) is 3.56. The van der Waals surface area contributed by atoms with Gasteiger partial charge in [-0.05, 0) is 29.5 Å². The number of nitrogens with zero attached hydrogens (tertiary/aromatic N) is 4. The summed E-state index contributed by atoms with van der Waals surface area (Å²) in [4.78, 5) is 0.0299. The van der Waals surface area contributed by atoms with Gasteiger partial charge in [0.2, 0.25) is 0 Å². The Balaban J connectivity index is 2.55. The third-order valence-electron chi connectivity index (χ3n) is 2.21. The molecule has 6 nitrogen and oxygen atoms in total. The van der Waals surface area contributed by atoms with Crippen molar-refractivity contribution in [3.63, 3.8) is 0 Å². The Morgan fingerprint density at radius 2 is 2.18 bits per heavy atom. The lowest BCUT2D eigenvalue weighted by Crippen LogP contribution is -2.00. The number of tetrazole rings is 1. The normalized spacial score (nSPS) is 11.6. The second kappa shape index (κ2) is 4.42.